The number of hydrogen-bond donors (Lipinski definition) is 1. The van der Waals surface area contributed by atoms with E-state index >= 15 is 0 Å². The maximum absolute atomic E-state index is 12.8. The lowest BCUT2D eigenvalue weighted by Crippen LogP contribution is -2.32. The second-order valence-electron chi connectivity index (χ2n) is 6.40. The highest BCUT2D eigenvalue weighted by Gasteiger charge is 2.25. The molecule has 0 radical (unpaired) electrons. The Bertz CT molecular complexity index is 996. The lowest BCUT2D eigenvalue weighted by molar-refractivity contribution is -0.126. The smallest absolute Gasteiger partial charge is 0.258 e. The highest BCUT2D eigenvalue weighted by molar-refractivity contribution is 6.32. The summed E-state index contributed by atoms with van der Waals surface area (Å²) >= 11 is 6.14. The Morgan fingerprint density at radius 1 is 1.00 bits per heavy atom. The van der Waals surface area contributed by atoms with Crippen molar-refractivity contribution in [1.82, 2.24) is 0 Å². The molecular weight excluding hydrogens is 438 g/mol. The number of ether oxygens (including phenoxy) is 4. The maximum Gasteiger partial charge on any atom is 0.258 e. The van der Waals surface area contributed by atoms with Crippen molar-refractivity contribution in [2.75, 3.05) is 32.8 Å². The van der Waals surface area contributed by atoms with E-state index in [1.165, 1.54) is 33.3 Å². The first-order chi connectivity index (χ1) is 15.3. The molecule has 172 valence electrons. The van der Waals surface area contributed by atoms with Crippen molar-refractivity contribution < 1.29 is 28.5 Å². The second-order valence-corrected chi connectivity index (χ2v) is 6.81. The molecule has 1 atom stereocenters. The van der Waals surface area contributed by atoms with Gasteiger partial charge in [0.2, 0.25) is 6.04 Å². The van der Waals surface area contributed by atoms with Gasteiger partial charge in [0.1, 0.15) is 28.7 Å². The fourth-order valence-electron chi connectivity index (χ4n) is 2.70. The predicted octanol–water partition coefficient (Wildman–Crippen LogP) is 4.83. The Kier molecular flexibility index (Phi) is 9.27. The number of anilines is 1. The first-order valence-corrected chi connectivity index (χ1v) is 10.3. The maximum atomic E-state index is 12.8. The van der Waals surface area contributed by atoms with E-state index in [1.54, 1.807) is 18.2 Å². The molecule has 0 bridgehead atoms. The molecular formula is C22H26ClN3O6. The Morgan fingerprint density at radius 3 is 2.28 bits per heavy atom. The number of rotatable bonds is 11. The number of benzene rings is 2. The molecule has 0 saturated carbocycles. The molecule has 32 heavy (non-hydrogen) atoms. The summed E-state index contributed by atoms with van der Waals surface area (Å²) in [4.78, 5) is 24.9. The molecule has 0 aromatic heterocycles. The molecule has 0 fully saturated rings. The van der Waals surface area contributed by atoms with Crippen molar-refractivity contribution in [2.24, 2.45) is 10.2 Å². The Hall–Kier alpha value is -3.33. The van der Waals surface area contributed by atoms with E-state index in [0.29, 0.717) is 41.9 Å². The van der Waals surface area contributed by atoms with E-state index in [1.807, 2.05) is 13.8 Å². The van der Waals surface area contributed by atoms with Crippen LogP contribution >= 0.6 is 11.6 Å². The Morgan fingerprint density at radius 2 is 1.69 bits per heavy atom. The van der Waals surface area contributed by atoms with Crippen molar-refractivity contribution in [2.45, 2.75) is 26.8 Å². The predicted molar refractivity (Wildman–Crippen MR) is 121 cm³/mol. The molecule has 0 heterocycles. The topological polar surface area (TPSA) is 108 Å². The van der Waals surface area contributed by atoms with Crippen molar-refractivity contribution in [3.63, 3.8) is 0 Å². The number of ketones is 1. The number of nitrogens with zero attached hydrogens (tertiary/aromatic N) is 2. The molecule has 1 unspecified atom stereocenters. The number of carbonyl (C=O) groups is 2. The summed E-state index contributed by atoms with van der Waals surface area (Å²) in [5, 5.41) is 10.9. The number of carbonyl (C=O) groups excluding carboxylic acids is 2. The Balaban J connectivity index is 2.30. The summed E-state index contributed by atoms with van der Waals surface area (Å²) in [6.45, 7) is 5.84. The molecule has 2 aromatic rings. The first-order valence-electron chi connectivity index (χ1n) is 9.87. The molecule has 1 amide bonds. The Labute approximate surface area is 191 Å². The van der Waals surface area contributed by atoms with Gasteiger partial charge >= 0.3 is 0 Å². The minimum Gasteiger partial charge on any atom is -0.495 e. The SMILES string of the molecule is CCOc1ccc(N=NC(C(C)=O)C(=O)Nc2cc(Cl)c(OC)cc2OC)c(OCC)c1. The molecule has 10 heteroatoms. The van der Waals surface area contributed by atoms with E-state index in [4.69, 9.17) is 30.5 Å². The third kappa shape index (κ3) is 6.34. The van der Waals surface area contributed by atoms with Crippen LogP contribution in [0.2, 0.25) is 5.02 Å². The van der Waals surface area contributed by atoms with Gasteiger partial charge < -0.3 is 24.3 Å². The van der Waals surface area contributed by atoms with Crippen LogP contribution in [0.5, 0.6) is 23.0 Å². The zero-order valence-electron chi connectivity index (χ0n) is 18.6. The molecule has 0 aliphatic heterocycles. The van der Waals surface area contributed by atoms with Crippen LogP contribution in [0.25, 0.3) is 0 Å². The minimum atomic E-state index is -1.39. The summed E-state index contributed by atoms with van der Waals surface area (Å²) in [6.07, 6.45) is 0. The van der Waals surface area contributed by atoms with Crippen LogP contribution < -0.4 is 24.3 Å². The molecule has 2 aromatic carbocycles. The molecule has 0 spiro atoms. The van der Waals surface area contributed by atoms with E-state index in [-0.39, 0.29) is 10.7 Å². The number of Topliss-reactive ketones (excluding diaryl/α,β-unsaturated/α-hetero) is 1. The van der Waals surface area contributed by atoms with E-state index < -0.39 is 17.7 Å². The number of amides is 1. The highest BCUT2D eigenvalue weighted by Crippen LogP contribution is 2.36. The van der Waals surface area contributed by atoms with Crippen LogP contribution in [-0.2, 0) is 9.59 Å². The van der Waals surface area contributed by atoms with Gasteiger partial charge in [-0.1, -0.05) is 11.6 Å². The van der Waals surface area contributed by atoms with Gasteiger partial charge in [-0.15, -0.1) is 0 Å². The van der Waals surface area contributed by atoms with Crippen molar-refractivity contribution in [3.05, 3.63) is 35.4 Å². The van der Waals surface area contributed by atoms with Gasteiger partial charge in [-0.25, -0.2) is 0 Å². The fourth-order valence-corrected chi connectivity index (χ4v) is 2.94. The molecule has 9 nitrogen and oxygen atoms in total. The third-order valence-electron chi connectivity index (χ3n) is 4.19. The van der Waals surface area contributed by atoms with Gasteiger partial charge in [-0.05, 0) is 39.0 Å². The van der Waals surface area contributed by atoms with Crippen LogP contribution in [0, 0.1) is 0 Å². The second kappa shape index (κ2) is 11.9. The monoisotopic (exact) mass is 463 g/mol. The summed E-state index contributed by atoms with van der Waals surface area (Å²) < 4.78 is 21.4. The first kappa shape index (κ1) is 24.9. The summed E-state index contributed by atoms with van der Waals surface area (Å²) in [5.41, 5.74) is 0.625. The summed E-state index contributed by atoms with van der Waals surface area (Å²) in [5.74, 6) is 0.540. The minimum absolute atomic E-state index is 0.264. The van der Waals surface area contributed by atoms with Crippen LogP contribution in [0.15, 0.2) is 40.6 Å². The average Bonchev–Trinajstić information content (AvgIpc) is 2.75. The number of nitrogens with one attached hydrogen (secondary N) is 1. The number of halogens is 1. The lowest BCUT2D eigenvalue weighted by Gasteiger charge is -2.15. The van der Waals surface area contributed by atoms with Gasteiger partial charge in [0, 0.05) is 12.1 Å². The zero-order chi connectivity index (χ0) is 23.7. The summed E-state index contributed by atoms with van der Waals surface area (Å²) in [6, 6.07) is 6.62. The lowest BCUT2D eigenvalue weighted by atomic mass is 10.2. The van der Waals surface area contributed by atoms with Gasteiger partial charge in [0.15, 0.2) is 5.78 Å². The fraction of sp³-hybridized carbons (Fsp3) is 0.364. The third-order valence-corrected chi connectivity index (χ3v) is 4.48. The van der Waals surface area contributed by atoms with Crippen LogP contribution in [-0.4, -0.2) is 45.2 Å². The van der Waals surface area contributed by atoms with E-state index in [0.717, 1.165) is 0 Å². The van der Waals surface area contributed by atoms with Crippen molar-refractivity contribution in [3.8, 4) is 23.0 Å². The van der Waals surface area contributed by atoms with Gasteiger partial charge in [-0.3, -0.25) is 9.59 Å². The van der Waals surface area contributed by atoms with E-state index in [9.17, 15) is 9.59 Å². The average molecular weight is 464 g/mol. The van der Waals surface area contributed by atoms with Crippen molar-refractivity contribution >= 4 is 34.7 Å². The van der Waals surface area contributed by atoms with Crippen LogP contribution in [0.4, 0.5) is 11.4 Å². The van der Waals surface area contributed by atoms with Crippen LogP contribution in [0.1, 0.15) is 20.8 Å². The van der Waals surface area contributed by atoms with E-state index in [2.05, 4.69) is 15.5 Å². The highest BCUT2D eigenvalue weighted by atomic mass is 35.5. The zero-order valence-corrected chi connectivity index (χ0v) is 19.4. The van der Waals surface area contributed by atoms with Gasteiger partial charge in [0.25, 0.3) is 5.91 Å². The number of methoxy groups -OCH3 is 2. The largest absolute Gasteiger partial charge is 0.495 e. The van der Waals surface area contributed by atoms with Gasteiger partial charge in [0.05, 0.1) is 38.1 Å². The summed E-state index contributed by atoms with van der Waals surface area (Å²) in [7, 11) is 2.89. The number of hydrogen-bond acceptors (Lipinski definition) is 8. The van der Waals surface area contributed by atoms with Crippen LogP contribution in [0.3, 0.4) is 0 Å². The standard InChI is InChI=1S/C22H26ClN3O6/c1-6-31-14-8-9-16(20(10-14)32-7-2)25-26-21(13(3)27)22(28)24-17-11-15(23)18(29-4)12-19(17)30-5/h8-12,21H,6-7H2,1-5H3,(H,24,28). The number of azo groups is 1. The molecule has 0 aliphatic carbocycles. The van der Waals surface area contributed by atoms with Gasteiger partial charge in [-0.2, -0.15) is 10.2 Å². The molecule has 1 N–H and O–H groups in total. The molecule has 0 aliphatic rings. The normalized spacial score (nSPS) is 11.7. The molecule has 2 rings (SSSR count). The van der Waals surface area contributed by atoms with Crippen molar-refractivity contribution in [1.29, 1.82) is 0 Å². The molecule has 0 saturated heterocycles. The quantitative estimate of drug-likeness (QED) is 0.377.